The van der Waals surface area contributed by atoms with Gasteiger partial charge in [-0.25, -0.2) is 9.97 Å². The van der Waals surface area contributed by atoms with Gasteiger partial charge in [0, 0.05) is 24.0 Å². The molecule has 3 heterocycles. The second kappa shape index (κ2) is 6.49. The van der Waals surface area contributed by atoms with E-state index in [0.29, 0.717) is 6.04 Å². The van der Waals surface area contributed by atoms with Crippen LogP contribution in [0.2, 0.25) is 0 Å². The van der Waals surface area contributed by atoms with Crippen LogP contribution in [0.4, 0.5) is 5.82 Å². The molecule has 0 bridgehead atoms. The maximum absolute atomic E-state index is 4.62. The molecule has 0 N–H and O–H groups in total. The Labute approximate surface area is 146 Å². The van der Waals surface area contributed by atoms with E-state index in [2.05, 4.69) is 70.1 Å². The second-order valence-corrected chi connectivity index (χ2v) is 7.39. The van der Waals surface area contributed by atoms with Gasteiger partial charge < -0.3 is 9.80 Å². The number of rotatable bonds is 4. The highest BCUT2D eigenvalue weighted by Crippen LogP contribution is 2.36. The summed E-state index contributed by atoms with van der Waals surface area (Å²) in [4.78, 5) is 16.3. The maximum Gasteiger partial charge on any atom is 0.140 e. The van der Waals surface area contributed by atoms with E-state index in [4.69, 9.17) is 0 Å². The summed E-state index contributed by atoms with van der Waals surface area (Å²) in [6.07, 6.45) is 2.91. The smallest absolute Gasteiger partial charge is 0.140 e. The van der Waals surface area contributed by atoms with Gasteiger partial charge in [0.1, 0.15) is 17.0 Å². The molecule has 2 aromatic heterocycles. The molecule has 3 aromatic rings. The van der Waals surface area contributed by atoms with Crippen molar-refractivity contribution < 1.29 is 0 Å². The van der Waals surface area contributed by atoms with Gasteiger partial charge in [-0.1, -0.05) is 37.3 Å². The lowest BCUT2D eigenvalue weighted by Gasteiger charge is -2.23. The van der Waals surface area contributed by atoms with Crippen molar-refractivity contribution in [1.82, 2.24) is 14.9 Å². The highest BCUT2D eigenvalue weighted by Gasteiger charge is 2.27. The summed E-state index contributed by atoms with van der Waals surface area (Å²) >= 11 is 1.75. The molecule has 4 rings (SSSR count). The van der Waals surface area contributed by atoms with Gasteiger partial charge in [-0.05, 0) is 31.6 Å². The van der Waals surface area contributed by atoms with E-state index < -0.39 is 0 Å². The highest BCUT2D eigenvalue weighted by atomic mass is 32.1. The molecular formula is C19H22N4S. The van der Waals surface area contributed by atoms with Crippen LogP contribution in [0, 0.1) is 0 Å². The van der Waals surface area contributed by atoms with Crippen molar-refractivity contribution >= 4 is 27.4 Å². The van der Waals surface area contributed by atoms with Gasteiger partial charge in [0.15, 0.2) is 0 Å². The van der Waals surface area contributed by atoms with Crippen LogP contribution in [-0.4, -0.2) is 47.6 Å². The first kappa shape index (κ1) is 15.5. The number of hydrogen-bond donors (Lipinski definition) is 0. The molecule has 1 aliphatic heterocycles. The lowest BCUT2D eigenvalue weighted by molar-refractivity contribution is 0.272. The third-order valence-corrected chi connectivity index (χ3v) is 6.04. The SMILES string of the molecule is CCN(C)C1CCN(c2ncnc3sc(-c4ccccc4)cc23)C1. The number of thiophene rings is 1. The Morgan fingerprint density at radius 1 is 1.25 bits per heavy atom. The standard InChI is InChI=1S/C19H22N4S/c1-3-22(2)15-9-10-23(12-15)18-16-11-17(14-7-5-4-6-8-14)24-19(16)21-13-20-18/h4-8,11,13,15H,3,9-10,12H2,1-2H3. The summed E-state index contributed by atoms with van der Waals surface area (Å²) in [7, 11) is 2.21. The lowest BCUT2D eigenvalue weighted by atomic mass is 10.2. The molecule has 0 spiro atoms. The molecule has 1 atom stereocenters. The van der Waals surface area contributed by atoms with Crippen molar-refractivity contribution in [3.05, 3.63) is 42.7 Å². The van der Waals surface area contributed by atoms with Crippen LogP contribution in [0.5, 0.6) is 0 Å². The van der Waals surface area contributed by atoms with Gasteiger partial charge >= 0.3 is 0 Å². The zero-order valence-electron chi connectivity index (χ0n) is 14.1. The average molecular weight is 338 g/mol. The van der Waals surface area contributed by atoms with Crippen molar-refractivity contribution in [2.45, 2.75) is 19.4 Å². The van der Waals surface area contributed by atoms with Crippen molar-refractivity contribution in [2.75, 3.05) is 31.6 Å². The van der Waals surface area contributed by atoms with Crippen LogP contribution in [0.3, 0.4) is 0 Å². The first-order valence-electron chi connectivity index (χ1n) is 8.51. The Bertz CT molecular complexity index is 830. The molecule has 24 heavy (non-hydrogen) atoms. The van der Waals surface area contributed by atoms with Crippen molar-refractivity contribution in [3.8, 4) is 10.4 Å². The van der Waals surface area contributed by atoms with Gasteiger partial charge in [0.25, 0.3) is 0 Å². The zero-order chi connectivity index (χ0) is 16.5. The van der Waals surface area contributed by atoms with Crippen LogP contribution in [0.15, 0.2) is 42.7 Å². The van der Waals surface area contributed by atoms with Gasteiger partial charge in [0.2, 0.25) is 0 Å². The van der Waals surface area contributed by atoms with E-state index in [1.165, 1.54) is 22.2 Å². The summed E-state index contributed by atoms with van der Waals surface area (Å²) in [5, 5.41) is 1.18. The molecule has 0 aliphatic carbocycles. The normalized spacial score (nSPS) is 18.0. The molecule has 124 valence electrons. The fourth-order valence-electron chi connectivity index (χ4n) is 3.39. The van der Waals surface area contributed by atoms with Crippen molar-refractivity contribution in [3.63, 3.8) is 0 Å². The molecular weight excluding hydrogens is 316 g/mol. The molecule has 0 amide bonds. The average Bonchev–Trinajstić information content (AvgIpc) is 3.28. The minimum absolute atomic E-state index is 0.618. The summed E-state index contributed by atoms with van der Waals surface area (Å²) < 4.78 is 0. The monoisotopic (exact) mass is 338 g/mol. The fourth-order valence-corrected chi connectivity index (χ4v) is 4.39. The van der Waals surface area contributed by atoms with Crippen molar-refractivity contribution in [2.24, 2.45) is 0 Å². The first-order valence-corrected chi connectivity index (χ1v) is 9.33. The quantitative estimate of drug-likeness (QED) is 0.722. The first-order chi connectivity index (χ1) is 11.8. The number of hydrogen-bond acceptors (Lipinski definition) is 5. The van der Waals surface area contributed by atoms with E-state index in [1.807, 2.05) is 0 Å². The topological polar surface area (TPSA) is 32.3 Å². The molecule has 4 nitrogen and oxygen atoms in total. The Morgan fingerprint density at radius 2 is 2.08 bits per heavy atom. The van der Waals surface area contributed by atoms with Gasteiger partial charge in [0.05, 0.1) is 5.39 Å². The molecule has 1 aromatic carbocycles. The number of benzene rings is 1. The molecule has 1 aliphatic rings. The molecule has 5 heteroatoms. The number of anilines is 1. The molecule has 0 saturated carbocycles. The van der Waals surface area contributed by atoms with E-state index >= 15 is 0 Å². The van der Waals surface area contributed by atoms with Crippen LogP contribution in [-0.2, 0) is 0 Å². The summed E-state index contributed by atoms with van der Waals surface area (Å²) in [6.45, 7) is 5.43. The maximum atomic E-state index is 4.62. The Kier molecular flexibility index (Phi) is 4.21. The van der Waals surface area contributed by atoms with E-state index in [-0.39, 0.29) is 0 Å². The van der Waals surface area contributed by atoms with Gasteiger partial charge in [-0.2, -0.15) is 0 Å². The molecule has 1 fully saturated rings. The predicted octanol–water partition coefficient (Wildman–Crippen LogP) is 3.89. The third-order valence-electron chi connectivity index (χ3n) is 4.95. The summed E-state index contributed by atoms with van der Waals surface area (Å²) in [5.41, 5.74) is 1.25. The van der Waals surface area contributed by atoms with Crippen LogP contribution >= 0.6 is 11.3 Å². The third kappa shape index (κ3) is 2.78. The molecule has 1 saturated heterocycles. The number of fused-ring (bicyclic) bond motifs is 1. The van der Waals surface area contributed by atoms with Crippen LogP contribution < -0.4 is 4.90 Å². The predicted molar refractivity (Wildman–Crippen MR) is 102 cm³/mol. The van der Waals surface area contributed by atoms with E-state index in [1.54, 1.807) is 17.7 Å². The van der Waals surface area contributed by atoms with E-state index in [9.17, 15) is 0 Å². The van der Waals surface area contributed by atoms with E-state index in [0.717, 1.165) is 30.3 Å². The second-order valence-electron chi connectivity index (χ2n) is 6.35. The molecule has 0 radical (unpaired) electrons. The minimum atomic E-state index is 0.618. The van der Waals surface area contributed by atoms with Crippen LogP contribution in [0.25, 0.3) is 20.7 Å². The van der Waals surface area contributed by atoms with Gasteiger partial charge in [-0.15, -0.1) is 11.3 Å². The largest absolute Gasteiger partial charge is 0.354 e. The summed E-state index contributed by atoms with van der Waals surface area (Å²) in [5.74, 6) is 1.09. The number of likely N-dealkylation sites (N-methyl/N-ethyl adjacent to an activating group) is 1. The molecule has 1 unspecified atom stereocenters. The Balaban J connectivity index is 1.68. The lowest BCUT2D eigenvalue weighted by Crippen LogP contribution is -2.34. The fraction of sp³-hybridized carbons (Fsp3) is 0.368. The van der Waals surface area contributed by atoms with Crippen LogP contribution in [0.1, 0.15) is 13.3 Å². The Morgan fingerprint density at radius 3 is 2.88 bits per heavy atom. The zero-order valence-corrected chi connectivity index (χ0v) is 15.0. The van der Waals surface area contributed by atoms with Crippen molar-refractivity contribution in [1.29, 1.82) is 0 Å². The highest BCUT2D eigenvalue weighted by molar-refractivity contribution is 7.21. The number of aromatic nitrogens is 2. The minimum Gasteiger partial charge on any atom is -0.354 e. The number of nitrogens with zero attached hydrogens (tertiary/aromatic N) is 4. The van der Waals surface area contributed by atoms with Gasteiger partial charge in [-0.3, -0.25) is 0 Å². The summed E-state index contributed by atoms with van der Waals surface area (Å²) in [6, 6.07) is 13.4. The Hall–Kier alpha value is -1.98.